The first-order valence-corrected chi connectivity index (χ1v) is 4.31. The fourth-order valence-corrected chi connectivity index (χ4v) is 1.20. The molecule has 0 aromatic heterocycles. The lowest BCUT2D eigenvalue weighted by Crippen LogP contribution is -2.37. The van der Waals surface area contributed by atoms with E-state index in [1.165, 1.54) is 0 Å². The molecule has 1 aliphatic rings. The third-order valence-electron chi connectivity index (χ3n) is 1.95. The van der Waals surface area contributed by atoms with Gasteiger partial charge in [0, 0.05) is 0 Å². The Labute approximate surface area is 73.9 Å². The standard InChI is InChI=1S/C10H16O2/c1-3-5-11-9-7-10(8-9)12-6-4-2/h3-4,9-10H,1-2,5-8H2. The summed E-state index contributed by atoms with van der Waals surface area (Å²) in [6.45, 7) is 8.48. The SMILES string of the molecule is C=CCOC1CC(OCC=C)C1. The summed E-state index contributed by atoms with van der Waals surface area (Å²) in [5.41, 5.74) is 0. The van der Waals surface area contributed by atoms with E-state index in [2.05, 4.69) is 13.2 Å². The molecule has 0 amide bonds. The van der Waals surface area contributed by atoms with Crippen LogP contribution in [0.4, 0.5) is 0 Å². The molecule has 1 saturated carbocycles. The molecule has 0 radical (unpaired) electrons. The van der Waals surface area contributed by atoms with Crippen LogP contribution < -0.4 is 0 Å². The largest absolute Gasteiger partial charge is 0.374 e. The predicted octanol–water partition coefficient (Wildman–Crippen LogP) is 1.92. The number of hydrogen-bond donors (Lipinski definition) is 0. The van der Waals surface area contributed by atoms with E-state index in [0.717, 1.165) is 12.8 Å². The lowest BCUT2D eigenvalue weighted by molar-refractivity contribution is -0.0881. The Morgan fingerprint density at radius 1 is 1.00 bits per heavy atom. The van der Waals surface area contributed by atoms with Gasteiger partial charge in [-0.15, -0.1) is 13.2 Å². The molecule has 0 aromatic carbocycles. The van der Waals surface area contributed by atoms with E-state index in [1.807, 2.05) is 0 Å². The average molecular weight is 168 g/mol. The topological polar surface area (TPSA) is 18.5 Å². The lowest BCUT2D eigenvalue weighted by Gasteiger charge is -2.34. The van der Waals surface area contributed by atoms with Gasteiger partial charge in [0.05, 0.1) is 25.4 Å². The van der Waals surface area contributed by atoms with E-state index in [1.54, 1.807) is 12.2 Å². The van der Waals surface area contributed by atoms with Gasteiger partial charge in [0.1, 0.15) is 0 Å². The summed E-state index contributed by atoms with van der Waals surface area (Å²) in [4.78, 5) is 0. The van der Waals surface area contributed by atoms with E-state index in [-0.39, 0.29) is 0 Å². The third-order valence-corrected chi connectivity index (χ3v) is 1.95. The van der Waals surface area contributed by atoms with Crippen molar-refractivity contribution in [3.05, 3.63) is 25.3 Å². The van der Waals surface area contributed by atoms with E-state index in [4.69, 9.17) is 9.47 Å². The maximum atomic E-state index is 5.41. The molecule has 2 heteroatoms. The van der Waals surface area contributed by atoms with Gasteiger partial charge < -0.3 is 9.47 Å². The van der Waals surface area contributed by atoms with Crippen molar-refractivity contribution in [3.63, 3.8) is 0 Å². The molecule has 0 aromatic rings. The molecular formula is C10H16O2. The highest BCUT2D eigenvalue weighted by Gasteiger charge is 2.29. The Bertz CT molecular complexity index is 132. The molecular weight excluding hydrogens is 152 g/mol. The zero-order valence-electron chi connectivity index (χ0n) is 7.37. The minimum atomic E-state index is 0.387. The van der Waals surface area contributed by atoms with Crippen LogP contribution in [-0.4, -0.2) is 25.4 Å². The van der Waals surface area contributed by atoms with Gasteiger partial charge in [0.15, 0.2) is 0 Å². The van der Waals surface area contributed by atoms with Crippen LogP contribution in [0.25, 0.3) is 0 Å². The summed E-state index contributed by atoms with van der Waals surface area (Å²) >= 11 is 0. The molecule has 68 valence electrons. The fraction of sp³-hybridized carbons (Fsp3) is 0.600. The molecule has 2 nitrogen and oxygen atoms in total. The Balaban J connectivity index is 1.96. The highest BCUT2D eigenvalue weighted by Crippen LogP contribution is 2.25. The average Bonchev–Trinajstić information content (AvgIpc) is 2.01. The molecule has 0 atom stereocenters. The maximum absolute atomic E-state index is 5.41. The molecule has 0 aliphatic heterocycles. The lowest BCUT2D eigenvalue weighted by atomic mass is 9.92. The van der Waals surface area contributed by atoms with Crippen LogP contribution in [0.2, 0.25) is 0 Å². The van der Waals surface area contributed by atoms with Gasteiger partial charge in [-0.1, -0.05) is 12.2 Å². The van der Waals surface area contributed by atoms with Crippen LogP contribution in [0.5, 0.6) is 0 Å². The van der Waals surface area contributed by atoms with Crippen LogP contribution in [0.1, 0.15) is 12.8 Å². The first-order valence-electron chi connectivity index (χ1n) is 4.31. The van der Waals surface area contributed by atoms with Gasteiger partial charge in [-0.2, -0.15) is 0 Å². The van der Waals surface area contributed by atoms with Crippen molar-refractivity contribution < 1.29 is 9.47 Å². The Hall–Kier alpha value is -0.600. The summed E-state index contributed by atoms with van der Waals surface area (Å²) < 4.78 is 10.8. The smallest absolute Gasteiger partial charge is 0.0648 e. The summed E-state index contributed by atoms with van der Waals surface area (Å²) in [5, 5.41) is 0. The normalized spacial score (nSPS) is 27.7. The van der Waals surface area contributed by atoms with Crippen LogP contribution in [-0.2, 0) is 9.47 Å². The first kappa shape index (κ1) is 9.49. The van der Waals surface area contributed by atoms with Crippen molar-refractivity contribution in [2.75, 3.05) is 13.2 Å². The Morgan fingerprint density at radius 2 is 1.42 bits per heavy atom. The minimum Gasteiger partial charge on any atom is -0.374 e. The molecule has 1 rings (SSSR count). The van der Waals surface area contributed by atoms with Crippen molar-refractivity contribution in [3.8, 4) is 0 Å². The number of rotatable bonds is 6. The van der Waals surface area contributed by atoms with E-state index in [0.29, 0.717) is 25.4 Å². The molecule has 1 fully saturated rings. The molecule has 0 saturated heterocycles. The number of ether oxygens (including phenoxy) is 2. The van der Waals surface area contributed by atoms with E-state index < -0.39 is 0 Å². The molecule has 0 N–H and O–H groups in total. The van der Waals surface area contributed by atoms with Crippen molar-refractivity contribution >= 4 is 0 Å². The molecule has 0 bridgehead atoms. The summed E-state index contributed by atoms with van der Waals surface area (Å²) in [6.07, 6.45) is 6.36. The molecule has 1 aliphatic carbocycles. The summed E-state index contributed by atoms with van der Waals surface area (Å²) in [5.74, 6) is 0. The van der Waals surface area contributed by atoms with Crippen molar-refractivity contribution in [1.29, 1.82) is 0 Å². The first-order chi connectivity index (χ1) is 5.86. The highest BCUT2D eigenvalue weighted by molar-refractivity contribution is 4.83. The second-order valence-electron chi connectivity index (χ2n) is 2.96. The second kappa shape index (κ2) is 5.12. The van der Waals surface area contributed by atoms with Crippen LogP contribution in [0.15, 0.2) is 25.3 Å². The van der Waals surface area contributed by atoms with Gasteiger partial charge in [0.25, 0.3) is 0 Å². The van der Waals surface area contributed by atoms with Gasteiger partial charge in [-0.3, -0.25) is 0 Å². The van der Waals surface area contributed by atoms with E-state index >= 15 is 0 Å². The summed E-state index contributed by atoms with van der Waals surface area (Å²) in [7, 11) is 0. The predicted molar refractivity (Wildman–Crippen MR) is 49.1 cm³/mol. The van der Waals surface area contributed by atoms with E-state index in [9.17, 15) is 0 Å². The summed E-state index contributed by atoms with van der Waals surface area (Å²) in [6, 6.07) is 0. The molecule has 0 heterocycles. The fourth-order valence-electron chi connectivity index (χ4n) is 1.20. The molecule has 12 heavy (non-hydrogen) atoms. The molecule has 0 unspecified atom stereocenters. The quantitative estimate of drug-likeness (QED) is 0.564. The Kier molecular flexibility index (Phi) is 4.05. The van der Waals surface area contributed by atoms with Gasteiger partial charge in [-0.25, -0.2) is 0 Å². The monoisotopic (exact) mass is 168 g/mol. The minimum absolute atomic E-state index is 0.387. The van der Waals surface area contributed by atoms with Crippen molar-refractivity contribution in [1.82, 2.24) is 0 Å². The highest BCUT2D eigenvalue weighted by atomic mass is 16.5. The van der Waals surface area contributed by atoms with Crippen LogP contribution in [0.3, 0.4) is 0 Å². The zero-order valence-corrected chi connectivity index (χ0v) is 7.37. The van der Waals surface area contributed by atoms with Gasteiger partial charge >= 0.3 is 0 Å². The zero-order chi connectivity index (χ0) is 8.81. The van der Waals surface area contributed by atoms with Gasteiger partial charge in [-0.05, 0) is 12.8 Å². The van der Waals surface area contributed by atoms with Crippen LogP contribution >= 0.6 is 0 Å². The van der Waals surface area contributed by atoms with Crippen molar-refractivity contribution in [2.45, 2.75) is 25.0 Å². The number of hydrogen-bond acceptors (Lipinski definition) is 2. The maximum Gasteiger partial charge on any atom is 0.0648 e. The third kappa shape index (κ3) is 2.80. The van der Waals surface area contributed by atoms with Crippen LogP contribution in [0, 0.1) is 0 Å². The van der Waals surface area contributed by atoms with Gasteiger partial charge in [0.2, 0.25) is 0 Å². The van der Waals surface area contributed by atoms with Crippen molar-refractivity contribution in [2.24, 2.45) is 0 Å². The second-order valence-corrected chi connectivity index (χ2v) is 2.96. The molecule has 0 spiro atoms. The Morgan fingerprint density at radius 3 is 1.75 bits per heavy atom.